The third-order valence-corrected chi connectivity index (χ3v) is 1.28. The molecular weight excluding hydrogens is 136 g/mol. The third kappa shape index (κ3) is 5.25. The van der Waals surface area contributed by atoms with Crippen molar-refractivity contribution in [2.45, 2.75) is 6.55 Å². The molecule has 3 nitrogen and oxygen atoms in total. The Kier molecular flexibility index (Phi) is 3.99. The lowest BCUT2D eigenvalue weighted by molar-refractivity contribution is -0.136. The molecule has 0 aromatic heterocycles. The SMILES string of the molecule is C=CC(=O)OC[SiH](C)O. The van der Waals surface area contributed by atoms with Crippen molar-refractivity contribution in [1.29, 1.82) is 0 Å². The number of esters is 1. The molecular formula is C5H10O3Si. The highest BCUT2D eigenvalue weighted by molar-refractivity contribution is 6.48. The molecule has 1 atom stereocenters. The van der Waals surface area contributed by atoms with Gasteiger partial charge in [-0.15, -0.1) is 0 Å². The predicted octanol–water partition coefficient (Wildman–Crippen LogP) is -0.399. The summed E-state index contributed by atoms with van der Waals surface area (Å²) in [6.07, 6.45) is 1.25. The summed E-state index contributed by atoms with van der Waals surface area (Å²) in [5.41, 5.74) is 0. The van der Waals surface area contributed by atoms with Crippen molar-refractivity contribution < 1.29 is 14.3 Å². The molecule has 0 aromatic rings. The number of carbonyl (C=O) groups excluding carboxylic acids is 1. The van der Waals surface area contributed by atoms with E-state index in [9.17, 15) is 4.79 Å². The van der Waals surface area contributed by atoms with Gasteiger partial charge in [0.25, 0.3) is 0 Å². The van der Waals surface area contributed by atoms with E-state index >= 15 is 0 Å². The molecule has 0 radical (unpaired) electrons. The van der Waals surface area contributed by atoms with Crippen LogP contribution in [0.5, 0.6) is 0 Å². The standard InChI is InChI=1S/C5H10O3Si/c1-3-5(6)8-4-9(2)7/h3,7,9H,1,4H2,2H3. The summed E-state index contributed by atoms with van der Waals surface area (Å²) < 4.78 is 4.51. The molecule has 0 fully saturated rings. The summed E-state index contributed by atoms with van der Waals surface area (Å²) in [7, 11) is -1.73. The van der Waals surface area contributed by atoms with E-state index in [-0.39, 0.29) is 6.23 Å². The summed E-state index contributed by atoms with van der Waals surface area (Å²) in [6, 6.07) is 0. The van der Waals surface area contributed by atoms with Crippen LogP contribution in [0.1, 0.15) is 0 Å². The van der Waals surface area contributed by atoms with Crippen LogP contribution in [-0.2, 0) is 9.53 Å². The fourth-order valence-corrected chi connectivity index (χ4v) is 0.667. The second-order valence-electron chi connectivity index (χ2n) is 1.68. The van der Waals surface area contributed by atoms with E-state index in [2.05, 4.69) is 11.3 Å². The first kappa shape index (κ1) is 8.39. The number of hydrogen-bond acceptors (Lipinski definition) is 3. The molecule has 0 bridgehead atoms. The van der Waals surface area contributed by atoms with E-state index in [1.54, 1.807) is 6.55 Å². The van der Waals surface area contributed by atoms with Gasteiger partial charge in [0.05, 0.1) is 0 Å². The molecule has 1 N–H and O–H groups in total. The Morgan fingerprint density at radius 2 is 2.56 bits per heavy atom. The fraction of sp³-hybridized carbons (Fsp3) is 0.400. The Morgan fingerprint density at radius 1 is 2.00 bits per heavy atom. The van der Waals surface area contributed by atoms with Crippen molar-refractivity contribution in [3.63, 3.8) is 0 Å². The zero-order valence-electron chi connectivity index (χ0n) is 5.33. The van der Waals surface area contributed by atoms with E-state index in [0.717, 1.165) is 6.08 Å². The molecule has 0 rings (SSSR count). The van der Waals surface area contributed by atoms with Gasteiger partial charge in [-0.3, -0.25) is 0 Å². The Labute approximate surface area is 55.7 Å². The average Bonchev–Trinajstić information content (AvgIpc) is 1.83. The highest BCUT2D eigenvalue weighted by atomic mass is 28.3. The van der Waals surface area contributed by atoms with Crippen molar-refractivity contribution in [3.8, 4) is 0 Å². The second-order valence-corrected chi connectivity index (χ2v) is 3.71. The van der Waals surface area contributed by atoms with Crippen molar-refractivity contribution >= 4 is 15.0 Å². The third-order valence-electron chi connectivity index (χ3n) is 0.633. The first-order valence-electron chi connectivity index (χ1n) is 2.64. The lowest BCUT2D eigenvalue weighted by atomic mass is 10.7. The summed E-state index contributed by atoms with van der Waals surface area (Å²) in [5, 5.41) is 0. The summed E-state index contributed by atoms with van der Waals surface area (Å²) in [6.45, 7) is 4.87. The fourth-order valence-electron chi connectivity index (χ4n) is 0.262. The number of carbonyl (C=O) groups is 1. The van der Waals surface area contributed by atoms with Crippen LogP contribution in [0.4, 0.5) is 0 Å². The van der Waals surface area contributed by atoms with Gasteiger partial charge < -0.3 is 9.53 Å². The predicted molar refractivity (Wildman–Crippen MR) is 36.4 cm³/mol. The molecule has 0 spiro atoms. The van der Waals surface area contributed by atoms with E-state index < -0.39 is 15.0 Å². The Balaban J connectivity index is 3.27. The maximum Gasteiger partial charge on any atom is 0.329 e. The summed E-state index contributed by atoms with van der Waals surface area (Å²) in [4.78, 5) is 19.0. The van der Waals surface area contributed by atoms with Gasteiger partial charge in [0.2, 0.25) is 9.04 Å². The van der Waals surface area contributed by atoms with E-state index in [1.165, 1.54) is 0 Å². The number of ether oxygens (including phenoxy) is 1. The number of hydrogen-bond donors (Lipinski definition) is 1. The monoisotopic (exact) mass is 146 g/mol. The van der Waals surface area contributed by atoms with E-state index in [1.807, 2.05) is 0 Å². The van der Waals surface area contributed by atoms with E-state index in [0.29, 0.717) is 0 Å². The van der Waals surface area contributed by atoms with Crippen molar-refractivity contribution in [2.24, 2.45) is 0 Å². The van der Waals surface area contributed by atoms with Crippen LogP contribution in [0.3, 0.4) is 0 Å². The molecule has 0 saturated carbocycles. The van der Waals surface area contributed by atoms with Crippen molar-refractivity contribution in [3.05, 3.63) is 12.7 Å². The molecule has 9 heavy (non-hydrogen) atoms. The lowest BCUT2D eigenvalue weighted by Gasteiger charge is -2.00. The van der Waals surface area contributed by atoms with Crippen LogP contribution in [0.2, 0.25) is 6.55 Å². The zero-order valence-corrected chi connectivity index (χ0v) is 6.49. The first-order chi connectivity index (χ1) is 4.16. The zero-order chi connectivity index (χ0) is 7.28. The van der Waals surface area contributed by atoms with Gasteiger partial charge >= 0.3 is 5.97 Å². The Hall–Kier alpha value is -0.613. The molecule has 0 amide bonds. The quantitative estimate of drug-likeness (QED) is 0.335. The second kappa shape index (κ2) is 4.28. The van der Waals surface area contributed by atoms with Crippen LogP contribution in [-0.4, -0.2) is 26.0 Å². The molecule has 0 aliphatic rings. The largest absolute Gasteiger partial charge is 0.464 e. The molecule has 52 valence electrons. The molecule has 0 aliphatic heterocycles. The smallest absolute Gasteiger partial charge is 0.329 e. The van der Waals surface area contributed by atoms with Crippen molar-refractivity contribution in [1.82, 2.24) is 0 Å². The van der Waals surface area contributed by atoms with Crippen LogP contribution in [0.25, 0.3) is 0 Å². The molecule has 0 aromatic carbocycles. The molecule has 1 unspecified atom stereocenters. The minimum atomic E-state index is -1.73. The van der Waals surface area contributed by atoms with Gasteiger partial charge in [0, 0.05) is 6.08 Å². The summed E-state index contributed by atoms with van der Waals surface area (Å²) >= 11 is 0. The van der Waals surface area contributed by atoms with Crippen molar-refractivity contribution in [2.75, 3.05) is 6.23 Å². The Bertz CT molecular complexity index is 111. The molecule has 0 heterocycles. The van der Waals surface area contributed by atoms with Gasteiger partial charge in [-0.2, -0.15) is 0 Å². The molecule has 0 aliphatic carbocycles. The lowest BCUT2D eigenvalue weighted by Crippen LogP contribution is -2.18. The maximum absolute atomic E-state index is 10.3. The van der Waals surface area contributed by atoms with Gasteiger partial charge in [-0.25, -0.2) is 4.79 Å². The minimum Gasteiger partial charge on any atom is -0.464 e. The van der Waals surface area contributed by atoms with Gasteiger partial charge in [0.1, 0.15) is 6.23 Å². The topological polar surface area (TPSA) is 46.5 Å². The molecule has 0 saturated heterocycles. The highest BCUT2D eigenvalue weighted by Crippen LogP contribution is 1.80. The number of rotatable bonds is 3. The first-order valence-corrected chi connectivity index (χ1v) is 5.13. The van der Waals surface area contributed by atoms with E-state index in [4.69, 9.17) is 4.80 Å². The highest BCUT2D eigenvalue weighted by Gasteiger charge is 2.00. The normalized spacial score (nSPS) is 12.2. The van der Waals surface area contributed by atoms with Crippen LogP contribution in [0.15, 0.2) is 12.7 Å². The minimum absolute atomic E-state index is 0.171. The van der Waals surface area contributed by atoms with Crippen LogP contribution >= 0.6 is 0 Å². The van der Waals surface area contributed by atoms with Gasteiger partial charge in [-0.1, -0.05) is 6.58 Å². The van der Waals surface area contributed by atoms with Crippen LogP contribution in [0, 0.1) is 0 Å². The van der Waals surface area contributed by atoms with Crippen LogP contribution < -0.4 is 0 Å². The van der Waals surface area contributed by atoms with Gasteiger partial charge in [-0.05, 0) is 6.55 Å². The summed E-state index contributed by atoms with van der Waals surface area (Å²) in [5.74, 6) is -0.469. The maximum atomic E-state index is 10.3. The van der Waals surface area contributed by atoms with Gasteiger partial charge in [0.15, 0.2) is 0 Å². The molecule has 4 heteroatoms. The Morgan fingerprint density at radius 3 is 2.89 bits per heavy atom. The average molecular weight is 146 g/mol.